The summed E-state index contributed by atoms with van der Waals surface area (Å²) in [5.41, 5.74) is 2.11. The molecule has 0 aliphatic carbocycles. The Morgan fingerprint density at radius 1 is 1.33 bits per heavy atom. The fourth-order valence-electron chi connectivity index (χ4n) is 3.38. The number of hydrogen-bond donors (Lipinski definition) is 1. The number of carbonyl (C=O) groups is 1. The summed E-state index contributed by atoms with van der Waals surface area (Å²) in [6.45, 7) is 1.47. The Bertz CT molecular complexity index is 693. The van der Waals surface area contributed by atoms with Gasteiger partial charge in [-0.2, -0.15) is 0 Å². The van der Waals surface area contributed by atoms with Gasteiger partial charge in [-0.3, -0.25) is 14.7 Å². The Hall–Kier alpha value is -1.91. The average molecular weight is 345 g/mol. The summed E-state index contributed by atoms with van der Waals surface area (Å²) in [6.07, 6.45) is 4.18. The van der Waals surface area contributed by atoms with Gasteiger partial charge in [0.15, 0.2) is 0 Å². The van der Waals surface area contributed by atoms with Crippen LogP contribution >= 0.6 is 11.6 Å². The number of aliphatic carboxylic acids is 1. The molecular formula is C19H21ClN2O2. The van der Waals surface area contributed by atoms with Crippen LogP contribution in [0.3, 0.4) is 0 Å². The van der Waals surface area contributed by atoms with Crippen LogP contribution in [0.15, 0.2) is 48.7 Å². The van der Waals surface area contributed by atoms with Crippen LogP contribution in [0, 0.1) is 5.92 Å². The van der Waals surface area contributed by atoms with E-state index in [9.17, 15) is 9.90 Å². The van der Waals surface area contributed by atoms with Crippen molar-refractivity contribution in [3.63, 3.8) is 0 Å². The Labute approximate surface area is 147 Å². The zero-order valence-electron chi connectivity index (χ0n) is 13.4. The maximum absolute atomic E-state index is 11.4. The Morgan fingerprint density at radius 2 is 2.21 bits per heavy atom. The third-order valence-electron chi connectivity index (χ3n) is 4.60. The zero-order valence-corrected chi connectivity index (χ0v) is 14.2. The number of nitrogens with zero attached hydrogens (tertiary/aromatic N) is 2. The van der Waals surface area contributed by atoms with Crippen LogP contribution in [-0.2, 0) is 11.2 Å². The number of benzene rings is 1. The van der Waals surface area contributed by atoms with E-state index >= 15 is 0 Å². The van der Waals surface area contributed by atoms with Gasteiger partial charge in [0.25, 0.3) is 0 Å². The minimum Gasteiger partial charge on any atom is -0.481 e. The maximum atomic E-state index is 11.4. The van der Waals surface area contributed by atoms with E-state index in [4.69, 9.17) is 11.6 Å². The standard InChI is InChI=1S/C19H21ClN2O2/c20-16-7-3-5-14(11-16)18(12-17-8-1-2-9-21-17)22-10-4-6-15(13-22)19(23)24/h1-3,5,7-9,11,15,18H,4,6,10,12-13H2,(H,23,24). The third kappa shape index (κ3) is 4.13. The molecule has 1 aromatic heterocycles. The first-order chi connectivity index (χ1) is 11.6. The predicted molar refractivity (Wildman–Crippen MR) is 94.1 cm³/mol. The molecule has 2 aromatic rings. The van der Waals surface area contributed by atoms with Crippen molar-refractivity contribution in [1.29, 1.82) is 0 Å². The fourth-order valence-corrected chi connectivity index (χ4v) is 3.58. The van der Waals surface area contributed by atoms with Crippen molar-refractivity contribution in [3.8, 4) is 0 Å². The van der Waals surface area contributed by atoms with E-state index in [0.717, 1.165) is 37.1 Å². The summed E-state index contributed by atoms with van der Waals surface area (Å²) >= 11 is 6.18. The number of halogens is 1. The van der Waals surface area contributed by atoms with Gasteiger partial charge in [-0.1, -0.05) is 29.8 Å². The zero-order chi connectivity index (χ0) is 16.9. The first-order valence-electron chi connectivity index (χ1n) is 8.25. The van der Waals surface area contributed by atoms with Crippen LogP contribution in [0.1, 0.15) is 30.1 Å². The molecule has 2 heterocycles. The Kier molecular flexibility index (Phi) is 5.48. The van der Waals surface area contributed by atoms with Crippen molar-refractivity contribution in [2.75, 3.05) is 13.1 Å². The average Bonchev–Trinajstić information content (AvgIpc) is 2.60. The second-order valence-corrected chi connectivity index (χ2v) is 6.70. The second kappa shape index (κ2) is 7.77. The normalized spacial score (nSPS) is 19.8. The summed E-state index contributed by atoms with van der Waals surface area (Å²) < 4.78 is 0. The Morgan fingerprint density at radius 3 is 2.92 bits per heavy atom. The lowest BCUT2D eigenvalue weighted by atomic mass is 9.93. The second-order valence-electron chi connectivity index (χ2n) is 6.27. The quantitative estimate of drug-likeness (QED) is 0.896. The molecule has 24 heavy (non-hydrogen) atoms. The van der Waals surface area contributed by atoms with Crippen LogP contribution in [0.2, 0.25) is 5.02 Å². The smallest absolute Gasteiger partial charge is 0.307 e. The van der Waals surface area contributed by atoms with E-state index in [1.807, 2.05) is 36.4 Å². The van der Waals surface area contributed by atoms with Gasteiger partial charge in [-0.25, -0.2) is 0 Å². The molecule has 0 bridgehead atoms. The van der Waals surface area contributed by atoms with Gasteiger partial charge in [-0.15, -0.1) is 0 Å². The molecule has 0 saturated carbocycles. The highest BCUT2D eigenvalue weighted by Crippen LogP contribution is 2.30. The van der Waals surface area contributed by atoms with E-state index in [2.05, 4.69) is 16.0 Å². The van der Waals surface area contributed by atoms with E-state index < -0.39 is 5.97 Å². The number of carboxylic acids is 1. The van der Waals surface area contributed by atoms with Crippen LogP contribution in [-0.4, -0.2) is 34.0 Å². The van der Waals surface area contributed by atoms with Gasteiger partial charge in [0.05, 0.1) is 5.92 Å². The minimum absolute atomic E-state index is 0.0840. The maximum Gasteiger partial charge on any atom is 0.307 e. The Balaban J connectivity index is 1.88. The summed E-state index contributed by atoms with van der Waals surface area (Å²) in [6, 6.07) is 13.8. The first kappa shape index (κ1) is 16.9. The number of rotatable bonds is 5. The van der Waals surface area contributed by atoms with Crippen LogP contribution in [0.25, 0.3) is 0 Å². The molecule has 3 rings (SSSR count). The van der Waals surface area contributed by atoms with Crippen LogP contribution in [0.4, 0.5) is 0 Å². The number of hydrogen-bond acceptors (Lipinski definition) is 3. The molecule has 0 radical (unpaired) electrons. The van der Waals surface area contributed by atoms with E-state index in [1.54, 1.807) is 6.20 Å². The molecule has 1 N–H and O–H groups in total. The minimum atomic E-state index is -0.706. The highest BCUT2D eigenvalue weighted by atomic mass is 35.5. The van der Waals surface area contributed by atoms with Crippen molar-refractivity contribution < 1.29 is 9.90 Å². The largest absolute Gasteiger partial charge is 0.481 e. The molecule has 2 atom stereocenters. The molecule has 0 spiro atoms. The lowest BCUT2D eigenvalue weighted by Gasteiger charge is -2.37. The molecule has 1 fully saturated rings. The van der Waals surface area contributed by atoms with Gasteiger partial charge >= 0.3 is 5.97 Å². The SMILES string of the molecule is O=C(O)C1CCCN(C(Cc2ccccn2)c2cccc(Cl)c2)C1. The van der Waals surface area contributed by atoms with Gasteiger partial charge < -0.3 is 5.11 Å². The van der Waals surface area contributed by atoms with Crippen LogP contribution in [0.5, 0.6) is 0 Å². The van der Waals surface area contributed by atoms with Gasteiger partial charge in [0, 0.05) is 35.9 Å². The first-order valence-corrected chi connectivity index (χ1v) is 8.63. The summed E-state index contributed by atoms with van der Waals surface area (Å²) in [7, 11) is 0. The van der Waals surface area contributed by atoms with Gasteiger partial charge in [0.1, 0.15) is 0 Å². The van der Waals surface area contributed by atoms with E-state index in [-0.39, 0.29) is 12.0 Å². The van der Waals surface area contributed by atoms with Crippen molar-refractivity contribution >= 4 is 17.6 Å². The fraction of sp³-hybridized carbons (Fsp3) is 0.368. The van der Waals surface area contributed by atoms with Gasteiger partial charge in [-0.05, 0) is 49.2 Å². The molecule has 2 unspecified atom stereocenters. The van der Waals surface area contributed by atoms with E-state index in [1.165, 1.54) is 0 Å². The summed E-state index contributed by atoms with van der Waals surface area (Å²) in [5, 5.41) is 10.1. The molecule has 1 saturated heterocycles. The molecule has 4 nitrogen and oxygen atoms in total. The summed E-state index contributed by atoms with van der Waals surface area (Å²) in [5.74, 6) is -1.01. The van der Waals surface area contributed by atoms with Crippen molar-refractivity contribution in [1.82, 2.24) is 9.88 Å². The molecule has 1 aliphatic heterocycles. The summed E-state index contributed by atoms with van der Waals surface area (Å²) in [4.78, 5) is 18.1. The molecule has 0 amide bonds. The molecule has 1 aromatic carbocycles. The van der Waals surface area contributed by atoms with Crippen molar-refractivity contribution in [2.45, 2.75) is 25.3 Å². The predicted octanol–water partition coefficient (Wildman–Crippen LogP) is 3.82. The van der Waals surface area contributed by atoms with Crippen molar-refractivity contribution in [2.24, 2.45) is 5.92 Å². The van der Waals surface area contributed by atoms with Crippen LogP contribution < -0.4 is 0 Å². The molecule has 126 valence electrons. The third-order valence-corrected chi connectivity index (χ3v) is 4.84. The van der Waals surface area contributed by atoms with Gasteiger partial charge in [0.2, 0.25) is 0 Å². The number of pyridine rings is 1. The highest BCUT2D eigenvalue weighted by Gasteiger charge is 2.30. The molecule has 5 heteroatoms. The number of carboxylic acid groups (broad SMARTS) is 1. The topological polar surface area (TPSA) is 53.4 Å². The molecular weight excluding hydrogens is 324 g/mol. The highest BCUT2D eigenvalue weighted by molar-refractivity contribution is 6.30. The van der Waals surface area contributed by atoms with Crippen molar-refractivity contribution in [3.05, 3.63) is 64.9 Å². The number of piperidine rings is 1. The monoisotopic (exact) mass is 344 g/mol. The number of aromatic nitrogens is 1. The number of likely N-dealkylation sites (tertiary alicyclic amines) is 1. The molecule has 1 aliphatic rings. The lowest BCUT2D eigenvalue weighted by Crippen LogP contribution is -2.41. The van der Waals surface area contributed by atoms with E-state index in [0.29, 0.717) is 11.6 Å². The lowest BCUT2D eigenvalue weighted by molar-refractivity contribution is -0.144.